The van der Waals surface area contributed by atoms with Crippen LogP contribution in [0.3, 0.4) is 0 Å². The van der Waals surface area contributed by atoms with Crippen molar-refractivity contribution < 1.29 is 13.2 Å². The molecule has 0 aliphatic heterocycles. The SMILES string of the molecule is Cc1ccc(OCCN(C)Cc2nnnn2-c2ccc(S(C)(=O)=O)cc2)cc1. The number of hydrogen-bond donors (Lipinski definition) is 0. The molecule has 3 aromatic rings. The third kappa shape index (κ3) is 5.14. The average Bonchev–Trinajstić information content (AvgIpc) is 3.11. The summed E-state index contributed by atoms with van der Waals surface area (Å²) in [4.78, 5) is 2.32. The van der Waals surface area contributed by atoms with E-state index in [0.29, 0.717) is 31.2 Å². The van der Waals surface area contributed by atoms with Crippen LogP contribution in [0.25, 0.3) is 5.69 Å². The minimum atomic E-state index is -3.24. The summed E-state index contributed by atoms with van der Waals surface area (Å²) in [5, 5.41) is 11.8. The average molecular weight is 401 g/mol. The van der Waals surface area contributed by atoms with Gasteiger partial charge in [-0.2, -0.15) is 4.68 Å². The molecule has 1 aromatic heterocycles. The van der Waals surface area contributed by atoms with E-state index >= 15 is 0 Å². The number of rotatable bonds is 8. The lowest BCUT2D eigenvalue weighted by Crippen LogP contribution is -2.25. The van der Waals surface area contributed by atoms with E-state index in [4.69, 9.17) is 4.74 Å². The van der Waals surface area contributed by atoms with Crippen LogP contribution in [0.2, 0.25) is 0 Å². The second kappa shape index (κ2) is 8.49. The molecule has 0 unspecified atom stereocenters. The topological polar surface area (TPSA) is 90.2 Å². The Balaban J connectivity index is 1.59. The smallest absolute Gasteiger partial charge is 0.175 e. The van der Waals surface area contributed by atoms with Crippen molar-refractivity contribution >= 4 is 9.84 Å². The second-order valence-corrected chi connectivity index (χ2v) is 8.69. The molecule has 0 spiro atoms. The van der Waals surface area contributed by atoms with Crippen LogP contribution in [0.4, 0.5) is 0 Å². The van der Waals surface area contributed by atoms with E-state index in [1.54, 1.807) is 28.9 Å². The molecule has 0 radical (unpaired) electrons. The molecule has 0 atom stereocenters. The van der Waals surface area contributed by atoms with E-state index in [1.165, 1.54) is 11.8 Å². The highest BCUT2D eigenvalue weighted by atomic mass is 32.2. The normalized spacial score (nSPS) is 11.7. The van der Waals surface area contributed by atoms with Gasteiger partial charge in [0.05, 0.1) is 17.1 Å². The molecule has 9 heteroatoms. The van der Waals surface area contributed by atoms with E-state index in [2.05, 4.69) is 20.4 Å². The minimum Gasteiger partial charge on any atom is -0.492 e. The summed E-state index contributed by atoms with van der Waals surface area (Å²) < 4.78 is 30.5. The molecule has 0 N–H and O–H groups in total. The largest absolute Gasteiger partial charge is 0.492 e. The van der Waals surface area contributed by atoms with E-state index in [1.807, 2.05) is 38.2 Å². The van der Waals surface area contributed by atoms with Crippen LogP contribution in [-0.2, 0) is 16.4 Å². The van der Waals surface area contributed by atoms with Crippen LogP contribution in [0.5, 0.6) is 5.75 Å². The van der Waals surface area contributed by atoms with Gasteiger partial charge in [-0.1, -0.05) is 17.7 Å². The summed E-state index contributed by atoms with van der Waals surface area (Å²) in [6, 6.07) is 14.4. The highest BCUT2D eigenvalue weighted by molar-refractivity contribution is 7.90. The van der Waals surface area contributed by atoms with Gasteiger partial charge in [-0.15, -0.1) is 5.10 Å². The molecule has 0 aliphatic carbocycles. The first-order valence-electron chi connectivity index (χ1n) is 8.79. The molecule has 0 saturated heterocycles. The number of sulfone groups is 1. The number of benzene rings is 2. The number of ether oxygens (including phenoxy) is 1. The fourth-order valence-corrected chi connectivity index (χ4v) is 3.24. The zero-order chi connectivity index (χ0) is 20.1. The maximum absolute atomic E-state index is 11.6. The zero-order valence-corrected chi connectivity index (χ0v) is 16.9. The van der Waals surface area contributed by atoms with Crippen molar-refractivity contribution in [2.75, 3.05) is 26.5 Å². The molecule has 28 heavy (non-hydrogen) atoms. The van der Waals surface area contributed by atoms with Gasteiger partial charge in [0.15, 0.2) is 15.7 Å². The summed E-state index contributed by atoms with van der Waals surface area (Å²) >= 11 is 0. The monoisotopic (exact) mass is 401 g/mol. The number of aryl methyl sites for hydroxylation is 1. The highest BCUT2D eigenvalue weighted by Crippen LogP contribution is 2.15. The van der Waals surface area contributed by atoms with Crippen LogP contribution in [-0.4, -0.2) is 60.0 Å². The van der Waals surface area contributed by atoms with E-state index in [0.717, 1.165) is 5.75 Å². The summed E-state index contributed by atoms with van der Waals surface area (Å²) in [6.45, 7) is 3.81. The Labute approximate surface area is 164 Å². The molecule has 2 aromatic carbocycles. The molecule has 8 nitrogen and oxygen atoms in total. The first-order chi connectivity index (χ1) is 13.3. The lowest BCUT2D eigenvalue weighted by Gasteiger charge is -2.16. The maximum Gasteiger partial charge on any atom is 0.175 e. The molecular formula is C19H23N5O3S. The Morgan fingerprint density at radius 1 is 1.07 bits per heavy atom. The quantitative estimate of drug-likeness (QED) is 0.569. The van der Waals surface area contributed by atoms with Crippen molar-refractivity contribution in [2.45, 2.75) is 18.4 Å². The predicted octanol–water partition coefficient (Wildman–Crippen LogP) is 1.89. The standard InChI is InChI=1S/C19H23N5O3S/c1-15-4-8-17(9-5-15)27-13-12-23(2)14-19-20-21-22-24(19)16-6-10-18(11-7-16)28(3,25)26/h4-11H,12-14H2,1-3H3. The molecule has 0 saturated carbocycles. The van der Waals surface area contributed by atoms with Crippen molar-refractivity contribution in [1.29, 1.82) is 0 Å². The fraction of sp³-hybridized carbons (Fsp3) is 0.316. The molecule has 0 bridgehead atoms. The van der Waals surface area contributed by atoms with Crippen LogP contribution >= 0.6 is 0 Å². The van der Waals surface area contributed by atoms with Gasteiger partial charge in [-0.25, -0.2) is 8.42 Å². The summed E-state index contributed by atoms with van der Waals surface area (Å²) in [5.41, 5.74) is 1.90. The predicted molar refractivity (Wildman–Crippen MR) is 105 cm³/mol. The Morgan fingerprint density at radius 2 is 1.75 bits per heavy atom. The fourth-order valence-electron chi connectivity index (χ4n) is 2.61. The molecule has 0 fully saturated rings. The van der Waals surface area contributed by atoms with Gasteiger partial charge in [-0.05, 0) is 60.8 Å². The van der Waals surface area contributed by atoms with Crippen molar-refractivity contribution in [3.63, 3.8) is 0 Å². The lowest BCUT2D eigenvalue weighted by atomic mass is 10.2. The number of nitrogens with zero attached hydrogens (tertiary/aromatic N) is 5. The number of tetrazole rings is 1. The molecule has 3 rings (SSSR count). The summed E-state index contributed by atoms with van der Waals surface area (Å²) in [7, 11) is -1.27. The Kier molecular flexibility index (Phi) is 6.05. The van der Waals surface area contributed by atoms with Gasteiger partial charge < -0.3 is 4.74 Å². The third-order valence-corrected chi connectivity index (χ3v) is 5.35. The van der Waals surface area contributed by atoms with E-state index < -0.39 is 9.84 Å². The van der Waals surface area contributed by atoms with Gasteiger partial charge in [0.1, 0.15) is 12.4 Å². The highest BCUT2D eigenvalue weighted by Gasteiger charge is 2.13. The first-order valence-corrected chi connectivity index (χ1v) is 10.7. The van der Waals surface area contributed by atoms with Crippen LogP contribution in [0.1, 0.15) is 11.4 Å². The zero-order valence-electron chi connectivity index (χ0n) is 16.1. The summed E-state index contributed by atoms with van der Waals surface area (Å²) in [5.74, 6) is 1.50. The number of hydrogen-bond acceptors (Lipinski definition) is 7. The van der Waals surface area contributed by atoms with Crippen molar-refractivity contribution in [2.24, 2.45) is 0 Å². The van der Waals surface area contributed by atoms with Crippen molar-refractivity contribution in [3.8, 4) is 11.4 Å². The molecular weight excluding hydrogens is 378 g/mol. The Bertz CT molecular complexity index is 1010. The van der Waals surface area contributed by atoms with Gasteiger partial charge in [-0.3, -0.25) is 4.90 Å². The maximum atomic E-state index is 11.6. The second-order valence-electron chi connectivity index (χ2n) is 6.67. The Hall–Kier alpha value is -2.78. The van der Waals surface area contributed by atoms with E-state index in [9.17, 15) is 8.42 Å². The lowest BCUT2D eigenvalue weighted by molar-refractivity contribution is 0.228. The van der Waals surface area contributed by atoms with Gasteiger partial charge in [0.2, 0.25) is 0 Å². The van der Waals surface area contributed by atoms with Crippen LogP contribution < -0.4 is 4.74 Å². The number of aromatic nitrogens is 4. The van der Waals surface area contributed by atoms with Crippen LogP contribution in [0, 0.1) is 6.92 Å². The van der Waals surface area contributed by atoms with Gasteiger partial charge in [0, 0.05) is 12.8 Å². The Morgan fingerprint density at radius 3 is 2.39 bits per heavy atom. The molecule has 148 valence electrons. The third-order valence-electron chi connectivity index (χ3n) is 4.22. The van der Waals surface area contributed by atoms with Gasteiger partial charge in [0.25, 0.3) is 0 Å². The minimum absolute atomic E-state index is 0.260. The molecule has 1 heterocycles. The van der Waals surface area contributed by atoms with Crippen molar-refractivity contribution in [3.05, 3.63) is 59.9 Å². The van der Waals surface area contributed by atoms with E-state index in [-0.39, 0.29) is 4.90 Å². The first kappa shape index (κ1) is 20.0. The van der Waals surface area contributed by atoms with Crippen molar-refractivity contribution in [1.82, 2.24) is 25.1 Å². The van der Waals surface area contributed by atoms with Crippen LogP contribution in [0.15, 0.2) is 53.4 Å². The summed E-state index contributed by atoms with van der Waals surface area (Å²) in [6.07, 6.45) is 1.18. The molecule has 0 amide bonds. The van der Waals surface area contributed by atoms with Gasteiger partial charge >= 0.3 is 0 Å². The molecule has 0 aliphatic rings. The number of likely N-dealkylation sites (N-methyl/N-ethyl adjacent to an activating group) is 1.